The summed E-state index contributed by atoms with van der Waals surface area (Å²) >= 11 is 17.6. The van der Waals surface area contributed by atoms with Crippen molar-refractivity contribution in [2.75, 3.05) is 62.7 Å². The number of rotatable bonds is 12. The van der Waals surface area contributed by atoms with E-state index in [1.54, 1.807) is 87.0 Å². The molecule has 0 aliphatic heterocycles. The van der Waals surface area contributed by atoms with Crippen LogP contribution in [0.25, 0.3) is 12.2 Å². The molecule has 54 heavy (non-hydrogen) atoms. The fourth-order valence-electron chi connectivity index (χ4n) is 3.70. The minimum Gasteiger partial charge on any atom is -0.497 e. The van der Waals surface area contributed by atoms with Crippen molar-refractivity contribution in [3.8, 4) is 23.0 Å². The highest BCUT2D eigenvalue weighted by Crippen LogP contribution is 2.29. The SMILES string of the molecule is CNCCN(C)C.COc1cccc(/C=C/N)c1Cl.COc1cccc(/C=C/[N+](=O)[O-])c1Cl.COc1cccc(C=O)c1.COc1cccc(C=O)c1Cl. The molecule has 15 heteroatoms. The maximum absolute atomic E-state index is 10.4. The third-order valence-corrected chi connectivity index (χ3v) is 7.67. The lowest BCUT2D eigenvalue weighted by Crippen LogP contribution is -2.23. The Hall–Kier alpha value is -5.11. The molecule has 0 radical (unpaired) electrons. The molecule has 4 aromatic rings. The molecule has 4 aromatic carbocycles. The van der Waals surface area contributed by atoms with E-state index in [0.29, 0.717) is 61.0 Å². The first-order valence-corrected chi connectivity index (χ1v) is 17.0. The zero-order chi connectivity index (χ0) is 40.9. The molecular formula is C39H47Cl3N4O8. The van der Waals surface area contributed by atoms with Gasteiger partial charge in [-0.05, 0) is 75.4 Å². The standard InChI is InChI=1S/C9H8ClNO3.C9H10ClNO.C8H7ClO2.C8H8O2.C5H14N2/c1-14-8-4-2-3-7(9(8)10)5-6-11(12)13;1-12-8-4-2-3-7(5-6-11)9(8)10;1-11-7-4-2-3-6(5-10)8(7)9;1-10-8-4-2-3-7(5-8)6-9;1-6-4-5-7(2)3/h2-6H,1H3;2-6H,11H2,1H3;2-5H,1H3;2-6H,1H3;6H,4-5H2,1-3H3/b2*6-5+;;;. The number of nitrogens with zero attached hydrogens (tertiary/aromatic N) is 2. The van der Waals surface area contributed by atoms with E-state index >= 15 is 0 Å². The van der Waals surface area contributed by atoms with E-state index in [4.69, 9.17) is 59.5 Å². The molecule has 0 aliphatic carbocycles. The van der Waals surface area contributed by atoms with Crippen LogP contribution in [0.15, 0.2) is 91.3 Å². The molecule has 0 fully saturated rings. The molecule has 0 saturated carbocycles. The molecule has 0 bridgehead atoms. The highest BCUT2D eigenvalue weighted by atomic mass is 35.5. The molecule has 0 aromatic heterocycles. The lowest BCUT2D eigenvalue weighted by Gasteiger charge is -2.06. The number of benzene rings is 4. The van der Waals surface area contributed by atoms with Gasteiger partial charge in [0.1, 0.15) is 29.3 Å². The summed E-state index contributed by atoms with van der Waals surface area (Å²) in [4.78, 5) is 32.3. The third-order valence-electron chi connectivity index (χ3n) is 6.46. The zero-order valence-electron chi connectivity index (χ0n) is 31.3. The molecule has 0 saturated heterocycles. The lowest BCUT2D eigenvalue weighted by molar-refractivity contribution is -0.400. The first kappa shape index (κ1) is 48.9. The third kappa shape index (κ3) is 19.6. The molecule has 0 heterocycles. The van der Waals surface area contributed by atoms with Crippen LogP contribution < -0.4 is 30.0 Å². The Morgan fingerprint density at radius 3 is 1.56 bits per heavy atom. The van der Waals surface area contributed by atoms with Crippen LogP contribution in [0.4, 0.5) is 0 Å². The van der Waals surface area contributed by atoms with Crippen LogP contribution in [-0.2, 0) is 0 Å². The van der Waals surface area contributed by atoms with Crippen molar-refractivity contribution in [3.05, 3.63) is 139 Å². The lowest BCUT2D eigenvalue weighted by atomic mass is 10.2. The number of ether oxygens (including phenoxy) is 4. The number of hydrogen-bond donors (Lipinski definition) is 2. The maximum atomic E-state index is 10.4. The van der Waals surface area contributed by atoms with Crippen molar-refractivity contribution in [1.82, 2.24) is 10.2 Å². The number of halogens is 3. The molecule has 0 atom stereocenters. The van der Waals surface area contributed by atoms with E-state index < -0.39 is 4.92 Å². The summed E-state index contributed by atoms with van der Waals surface area (Å²) in [5.41, 5.74) is 7.75. The predicted molar refractivity (Wildman–Crippen MR) is 220 cm³/mol. The van der Waals surface area contributed by atoms with Crippen LogP contribution in [0.5, 0.6) is 23.0 Å². The van der Waals surface area contributed by atoms with Gasteiger partial charge in [-0.3, -0.25) is 19.7 Å². The Balaban J connectivity index is 0.000000661. The predicted octanol–water partition coefficient (Wildman–Crippen LogP) is 8.31. The average Bonchev–Trinajstić information content (AvgIpc) is 3.18. The van der Waals surface area contributed by atoms with Gasteiger partial charge < -0.3 is 34.9 Å². The number of carbonyl (C=O) groups excluding carboxylic acids is 2. The molecule has 0 spiro atoms. The summed E-state index contributed by atoms with van der Waals surface area (Å²) in [6, 6.07) is 22.7. The summed E-state index contributed by atoms with van der Waals surface area (Å²) in [6.45, 7) is 2.20. The second-order valence-corrected chi connectivity index (χ2v) is 11.6. The fraction of sp³-hybridized carbons (Fsp3) is 0.231. The Morgan fingerprint density at radius 1 is 0.722 bits per heavy atom. The van der Waals surface area contributed by atoms with E-state index in [1.165, 1.54) is 26.5 Å². The topological polar surface area (TPSA) is 155 Å². The number of nitrogens with two attached hydrogens (primary N) is 1. The summed E-state index contributed by atoms with van der Waals surface area (Å²) in [7, 11) is 12.2. The van der Waals surface area contributed by atoms with Crippen molar-refractivity contribution in [3.63, 3.8) is 0 Å². The van der Waals surface area contributed by atoms with Crippen LogP contribution in [0.2, 0.25) is 15.1 Å². The van der Waals surface area contributed by atoms with E-state index in [9.17, 15) is 19.7 Å². The number of hydrogen-bond acceptors (Lipinski definition) is 11. The van der Waals surface area contributed by atoms with Gasteiger partial charge in [0, 0.05) is 35.9 Å². The summed E-state index contributed by atoms with van der Waals surface area (Å²) < 4.78 is 19.8. The van der Waals surface area contributed by atoms with E-state index in [-0.39, 0.29) is 0 Å². The largest absolute Gasteiger partial charge is 0.497 e. The highest BCUT2D eigenvalue weighted by Gasteiger charge is 2.05. The van der Waals surface area contributed by atoms with E-state index in [0.717, 1.165) is 31.1 Å². The van der Waals surface area contributed by atoms with Gasteiger partial charge in [-0.15, -0.1) is 0 Å². The van der Waals surface area contributed by atoms with Crippen molar-refractivity contribution >= 4 is 59.5 Å². The van der Waals surface area contributed by atoms with Crippen molar-refractivity contribution in [2.45, 2.75) is 0 Å². The zero-order valence-corrected chi connectivity index (χ0v) is 33.5. The van der Waals surface area contributed by atoms with Gasteiger partial charge in [-0.25, -0.2) is 0 Å². The molecule has 3 N–H and O–H groups in total. The molecule has 0 amide bonds. The first-order chi connectivity index (χ1) is 25.9. The molecule has 292 valence electrons. The molecule has 12 nitrogen and oxygen atoms in total. The van der Waals surface area contributed by atoms with Gasteiger partial charge in [0.15, 0.2) is 6.29 Å². The minimum atomic E-state index is -0.546. The van der Waals surface area contributed by atoms with Crippen molar-refractivity contribution in [2.24, 2.45) is 5.73 Å². The van der Waals surface area contributed by atoms with Gasteiger partial charge in [0.25, 0.3) is 0 Å². The molecule has 0 aliphatic rings. The van der Waals surface area contributed by atoms with Gasteiger partial charge >= 0.3 is 0 Å². The first-order valence-electron chi connectivity index (χ1n) is 15.9. The molecule has 0 unspecified atom stereocenters. The number of carbonyl (C=O) groups is 2. The number of methoxy groups -OCH3 is 4. The number of aldehydes is 2. The Bertz CT molecular complexity index is 1770. The second kappa shape index (κ2) is 29.4. The number of nitrogens with one attached hydrogen (secondary N) is 1. The normalized spacial score (nSPS) is 9.91. The van der Waals surface area contributed by atoms with Crippen LogP contribution in [-0.4, -0.2) is 85.1 Å². The monoisotopic (exact) mass is 804 g/mol. The highest BCUT2D eigenvalue weighted by molar-refractivity contribution is 6.34. The van der Waals surface area contributed by atoms with Crippen LogP contribution in [0.3, 0.4) is 0 Å². The average molecular weight is 806 g/mol. The maximum Gasteiger partial charge on any atom is 0.235 e. The van der Waals surface area contributed by atoms with Crippen molar-refractivity contribution in [1.29, 1.82) is 0 Å². The summed E-state index contributed by atoms with van der Waals surface area (Å²) in [5.74, 6) is 2.39. The number of nitro groups is 1. The van der Waals surface area contributed by atoms with Crippen LogP contribution in [0.1, 0.15) is 31.8 Å². The van der Waals surface area contributed by atoms with E-state index in [2.05, 4.69) is 24.3 Å². The quantitative estimate of drug-likeness (QED) is 0.0807. The molecular weight excluding hydrogens is 759 g/mol. The smallest absolute Gasteiger partial charge is 0.235 e. The van der Waals surface area contributed by atoms with Crippen molar-refractivity contribution < 1.29 is 33.5 Å². The number of likely N-dealkylation sites (N-methyl/N-ethyl adjacent to an activating group) is 2. The Morgan fingerprint density at radius 2 is 1.19 bits per heavy atom. The van der Waals surface area contributed by atoms with Crippen LogP contribution in [0, 0.1) is 10.1 Å². The minimum absolute atomic E-state index is 0.366. The Labute approximate surface area is 332 Å². The fourth-order valence-corrected chi connectivity index (χ4v) is 4.48. The van der Waals surface area contributed by atoms with Crippen LogP contribution >= 0.6 is 34.8 Å². The summed E-state index contributed by atoms with van der Waals surface area (Å²) in [5, 5.41) is 14.5. The Kier molecular flexibility index (Phi) is 26.6. The van der Waals surface area contributed by atoms with Gasteiger partial charge in [-0.2, -0.15) is 0 Å². The molecule has 4 rings (SSSR count). The van der Waals surface area contributed by atoms with Gasteiger partial charge in [-0.1, -0.05) is 77.3 Å². The van der Waals surface area contributed by atoms with Gasteiger partial charge in [0.05, 0.1) is 48.4 Å². The van der Waals surface area contributed by atoms with E-state index in [1.807, 2.05) is 19.2 Å². The summed E-state index contributed by atoms with van der Waals surface area (Å²) in [6.07, 6.45) is 6.82. The second-order valence-electron chi connectivity index (χ2n) is 10.5. The van der Waals surface area contributed by atoms with Gasteiger partial charge in [0.2, 0.25) is 6.20 Å².